The van der Waals surface area contributed by atoms with Gasteiger partial charge in [-0.25, -0.2) is 8.78 Å². The molecule has 0 radical (unpaired) electrons. The van der Waals surface area contributed by atoms with Crippen LogP contribution in [0, 0.1) is 17.6 Å². The van der Waals surface area contributed by atoms with Crippen LogP contribution in [0.5, 0.6) is 0 Å². The van der Waals surface area contributed by atoms with E-state index in [1.54, 1.807) is 0 Å². The molecule has 2 rings (SSSR count). The van der Waals surface area contributed by atoms with Crippen molar-refractivity contribution in [1.29, 1.82) is 0 Å². The summed E-state index contributed by atoms with van der Waals surface area (Å²) in [6, 6.07) is 3.35. The summed E-state index contributed by atoms with van der Waals surface area (Å²) in [5, 5.41) is 5.72. The van der Waals surface area contributed by atoms with Gasteiger partial charge in [-0.05, 0) is 31.5 Å². The average molecular weight is 277 g/mol. The number of hydrogen-bond donors (Lipinski definition) is 2. The third-order valence-corrected chi connectivity index (χ3v) is 2.85. The molecule has 1 saturated heterocycles. The van der Waals surface area contributed by atoms with Crippen LogP contribution in [0.1, 0.15) is 12.8 Å². The molecule has 1 aliphatic rings. The van der Waals surface area contributed by atoms with Gasteiger partial charge in [0.15, 0.2) is 11.6 Å². The van der Waals surface area contributed by atoms with E-state index in [0.717, 1.165) is 31.5 Å². The second-order valence-electron chi connectivity index (χ2n) is 4.16. The van der Waals surface area contributed by atoms with Gasteiger partial charge in [0.1, 0.15) is 0 Å². The minimum Gasteiger partial charge on any atom is -0.326 e. The number of halogens is 3. The summed E-state index contributed by atoms with van der Waals surface area (Å²) in [5.74, 6) is -2.12. The van der Waals surface area contributed by atoms with Crippen molar-refractivity contribution in [2.45, 2.75) is 12.8 Å². The van der Waals surface area contributed by atoms with Crippen molar-refractivity contribution in [3.05, 3.63) is 29.8 Å². The second kappa shape index (κ2) is 6.66. The first-order chi connectivity index (χ1) is 8.16. The molecule has 1 fully saturated rings. The van der Waals surface area contributed by atoms with Gasteiger partial charge >= 0.3 is 0 Å². The van der Waals surface area contributed by atoms with E-state index in [1.807, 2.05) is 0 Å². The van der Waals surface area contributed by atoms with Gasteiger partial charge in [0, 0.05) is 18.3 Å². The molecule has 18 heavy (non-hydrogen) atoms. The van der Waals surface area contributed by atoms with Crippen LogP contribution >= 0.6 is 12.4 Å². The van der Waals surface area contributed by atoms with Crippen molar-refractivity contribution >= 4 is 24.0 Å². The highest BCUT2D eigenvalue weighted by Crippen LogP contribution is 2.16. The maximum absolute atomic E-state index is 12.9. The zero-order valence-electron chi connectivity index (χ0n) is 9.71. The lowest BCUT2D eigenvalue weighted by Gasteiger charge is -2.21. The van der Waals surface area contributed by atoms with Crippen LogP contribution in [0.4, 0.5) is 14.5 Å². The summed E-state index contributed by atoms with van der Waals surface area (Å²) < 4.78 is 25.6. The molecule has 1 heterocycles. The highest BCUT2D eigenvalue weighted by Gasteiger charge is 2.20. The van der Waals surface area contributed by atoms with Crippen molar-refractivity contribution in [3.63, 3.8) is 0 Å². The van der Waals surface area contributed by atoms with E-state index < -0.39 is 11.6 Å². The summed E-state index contributed by atoms with van der Waals surface area (Å²) in [6.07, 6.45) is 1.78. The molecule has 1 atom stereocenters. The number of carbonyl (C=O) groups is 1. The molecule has 0 bridgehead atoms. The third-order valence-electron chi connectivity index (χ3n) is 2.85. The number of rotatable bonds is 2. The summed E-state index contributed by atoms with van der Waals surface area (Å²) in [6.45, 7) is 1.56. The van der Waals surface area contributed by atoms with Crippen molar-refractivity contribution in [2.75, 3.05) is 18.4 Å². The number of carbonyl (C=O) groups excluding carboxylic acids is 1. The Labute approximate surface area is 110 Å². The van der Waals surface area contributed by atoms with Gasteiger partial charge < -0.3 is 10.6 Å². The molecule has 0 saturated carbocycles. The summed E-state index contributed by atoms with van der Waals surface area (Å²) in [7, 11) is 0. The lowest BCUT2D eigenvalue weighted by atomic mass is 9.99. The molecule has 2 N–H and O–H groups in total. The van der Waals surface area contributed by atoms with Crippen LogP contribution < -0.4 is 10.6 Å². The number of amides is 1. The van der Waals surface area contributed by atoms with Crippen LogP contribution in [0.25, 0.3) is 0 Å². The largest absolute Gasteiger partial charge is 0.326 e. The highest BCUT2D eigenvalue weighted by atomic mass is 35.5. The summed E-state index contributed by atoms with van der Waals surface area (Å²) >= 11 is 0. The Balaban J connectivity index is 0.00000162. The van der Waals surface area contributed by atoms with Gasteiger partial charge in [0.05, 0.1) is 5.92 Å². The Bertz CT molecular complexity index is 423. The molecule has 100 valence electrons. The van der Waals surface area contributed by atoms with E-state index in [4.69, 9.17) is 0 Å². The number of benzene rings is 1. The Morgan fingerprint density at radius 3 is 2.72 bits per heavy atom. The average Bonchev–Trinajstić information content (AvgIpc) is 2.35. The SMILES string of the molecule is Cl.O=C(Nc1ccc(F)c(F)c1)[C@@H]1CCCNC1. The van der Waals surface area contributed by atoms with Crippen LogP contribution in [0.2, 0.25) is 0 Å². The highest BCUT2D eigenvalue weighted by molar-refractivity contribution is 5.92. The molecule has 1 aromatic carbocycles. The van der Waals surface area contributed by atoms with Crippen molar-refractivity contribution < 1.29 is 13.6 Å². The molecule has 0 spiro atoms. The van der Waals surface area contributed by atoms with Gasteiger partial charge in [0.2, 0.25) is 5.91 Å². The van der Waals surface area contributed by atoms with Crippen molar-refractivity contribution in [1.82, 2.24) is 5.32 Å². The van der Waals surface area contributed by atoms with E-state index >= 15 is 0 Å². The Morgan fingerprint density at radius 2 is 2.11 bits per heavy atom. The van der Waals surface area contributed by atoms with E-state index in [-0.39, 0.29) is 24.2 Å². The maximum atomic E-state index is 12.9. The first-order valence-electron chi connectivity index (χ1n) is 5.63. The number of anilines is 1. The molecular weight excluding hydrogens is 262 g/mol. The lowest BCUT2D eigenvalue weighted by molar-refractivity contribution is -0.120. The van der Waals surface area contributed by atoms with Gasteiger partial charge in [-0.1, -0.05) is 0 Å². The topological polar surface area (TPSA) is 41.1 Å². The molecule has 1 aliphatic heterocycles. The van der Waals surface area contributed by atoms with Crippen LogP contribution in [-0.4, -0.2) is 19.0 Å². The standard InChI is InChI=1S/C12H14F2N2O.ClH/c13-10-4-3-9(6-11(10)14)16-12(17)8-2-1-5-15-7-8;/h3-4,6,8,15H,1-2,5,7H2,(H,16,17);1H/t8-;/m1./s1. The normalized spacial score (nSPS) is 18.9. The summed E-state index contributed by atoms with van der Waals surface area (Å²) in [5.41, 5.74) is 0.291. The van der Waals surface area contributed by atoms with Crippen molar-refractivity contribution in [2.24, 2.45) is 5.92 Å². The first kappa shape index (κ1) is 14.9. The van der Waals surface area contributed by atoms with Gasteiger partial charge in [-0.2, -0.15) is 0 Å². The first-order valence-corrected chi connectivity index (χ1v) is 5.63. The monoisotopic (exact) mass is 276 g/mol. The van der Waals surface area contributed by atoms with Crippen LogP contribution in [0.3, 0.4) is 0 Å². The quantitative estimate of drug-likeness (QED) is 0.870. The third kappa shape index (κ3) is 3.65. The van der Waals surface area contributed by atoms with Crippen molar-refractivity contribution in [3.8, 4) is 0 Å². The second-order valence-corrected chi connectivity index (χ2v) is 4.16. The van der Waals surface area contributed by atoms with Gasteiger partial charge in [0.25, 0.3) is 0 Å². The molecule has 6 heteroatoms. The lowest BCUT2D eigenvalue weighted by Crippen LogP contribution is -2.37. The number of hydrogen-bond acceptors (Lipinski definition) is 2. The van der Waals surface area contributed by atoms with Crippen LogP contribution in [-0.2, 0) is 4.79 Å². The maximum Gasteiger partial charge on any atom is 0.228 e. The van der Waals surface area contributed by atoms with E-state index in [1.165, 1.54) is 6.07 Å². The van der Waals surface area contributed by atoms with Gasteiger partial charge in [-0.3, -0.25) is 4.79 Å². The van der Waals surface area contributed by atoms with E-state index in [9.17, 15) is 13.6 Å². The molecule has 1 amide bonds. The molecule has 0 aliphatic carbocycles. The Hall–Kier alpha value is -1.20. The molecule has 0 unspecified atom stereocenters. The number of nitrogens with one attached hydrogen (secondary N) is 2. The van der Waals surface area contributed by atoms with E-state index in [0.29, 0.717) is 12.2 Å². The predicted octanol–water partition coefficient (Wildman–Crippen LogP) is 2.32. The zero-order chi connectivity index (χ0) is 12.3. The van der Waals surface area contributed by atoms with Crippen LogP contribution in [0.15, 0.2) is 18.2 Å². The predicted molar refractivity (Wildman–Crippen MR) is 67.8 cm³/mol. The Morgan fingerprint density at radius 1 is 1.33 bits per heavy atom. The fraction of sp³-hybridized carbons (Fsp3) is 0.417. The number of piperidine rings is 1. The minimum absolute atomic E-state index is 0. The minimum atomic E-state index is -0.954. The smallest absolute Gasteiger partial charge is 0.228 e. The molecular formula is C12H15ClF2N2O. The molecule has 1 aromatic rings. The Kier molecular flexibility index (Phi) is 5.50. The molecule has 0 aromatic heterocycles. The molecule has 3 nitrogen and oxygen atoms in total. The van der Waals surface area contributed by atoms with Gasteiger partial charge in [-0.15, -0.1) is 12.4 Å². The summed E-state index contributed by atoms with van der Waals surface area (Å²) in [4.78, 5) is 11.8. The fourth-order valence-corrected chi connectivity index (χ4v) is 1.89. The van der Waals surface area contributed by atoms with E-state index in [2.05, 4.69) is 10.6 Å². The zero-order valence-corrected chi connectivity index (χ0v) is 10.5. The fourth-order valence-electron chi connectivity index (χ4n) is 1.89.